The van der Waals surface area contributed by atoms with Gasteiger partial charge in [0.15, 0.2) is 0 Å². The topological polar surface area (TPSA) is 120 Å². The van der Waals surface area contributed by atoms with Crippen molar-refractivity contribution >= 4 is 27.8 Å². The van der Waals surface area contributed by atoms with Crippen molar-refractivity contribution in [3.05, 3.63) is 84.2 Å². The van der Waals surface area contributed by atoms with Crippen molar-refractivity contribution in [2.45, 2.75) is 81.6 Å². The monoisotopic (exact) mass is 754 g/mol. The van der Waals surface area contributed by atoms with Crippen molar-refractivity contribution < 1.29 is 37.0 Å². The second kappa shape index (κ2) is 18.0. The molecule has 1 amide bonds. The minimum absolute atomic E-state index is 0.000356. The molecule has 53 heavy (non-hydrogen) atoms. The number of hydrogen-bond donors (Lipinski definition) is 1. The number of hydrogen-bond acceptors (Lipinski definition) is 9. The molecule has 5 rings (SSSR count). The summed E-state index contributed by atoms with van der Waals surface area (Å²) >= 11 is 0. The fourth-order valence-corrected chi connectivity index (χ4v) is 8.79. The smallest absolute Gasteiger partial charge is 0.410 e. The SMILES string of the molecule is C=C(Cc1cc(F)cc(N(C)C2CCN(S(=O)(=O)c3ccccc3)CC2)c1)[C@H]1OC(=O)C[C@H](O)CC[C@H](C)[C@@H](OC(=O)N2CCN(C)CC2)/C=C/[C@@H]1C. The average Bonchev–Trinajstić information content (AvgIpc) is 3.14. The minimum atomic E-state index is -3.59. The lowest BCUT2D eigenvalue weighted by Gasteiger charge is -2.37. The van der Waals surface area contributed by atoms with Crippen molar-refractivity contribution in [3.63, 3.8) is 0 Å². The number of carbonyl (C=O) groups excluding carboxylic acids is 2. The van der Waals surface area contributed by atoms with Gasteiger partial charge in [0.1, 0.15) is 18.0 Å². The van der Waals surface area contributed by atoms with E-state index in [1.165, 1.54) is 16.4 Å². The number of piperazine rings is 1. The van der Waals surface area contributed by atoms with E-state index in [0.717, 1.165) is 13.1 Å². The molecule has 11 nitrogen and oxygen atoms in total. The number of ether oxygens (including phenoxy) is 2. The van der Waals surface area contributed by atoms with E-state index in [9.17, 15) is 23.1 Å². The normalized spacial score (nSPS) is 26.5. The number of cyclic esters (lactones) is 1. The van der Waals surface area contributed by atoms with Gasteiger partial charge in [0.25, 0.3) is 0 Å². The fraction of sp³-hybridized carbons (Fsp3) is 0.550. The lowest BCUT2D eigenvalue weighted by Crippen LogP contribution is -2.48. The summed E-state index contributed by atoms with van der Waals surface area (Å²) in [5, 5.41) is 10.7. The Hall–Kier alpha value is -3.78. The van der Waals surface area contributed by atoms with Crippen molar-refractivity contribution in [1.82, 2.24) is 14.1 Å². The average molecular weight is 755 g/mol. The van der Waals surface area contributed by atoms with Gasteiger partial charge in [-0.3, -0.25) is 4.79 Å². The van der Waals surface area contributed by atoms with E-state index < -0.39 is 40.1 Å². The summed E-state index contributed by atoms with van der Waals surface area (Å²) in [4.78, 5) is 32.3. The number of carbonyl (C=O) groups is 2. The number of rotatable bonds is 8. The molecule has 0 saturated carbocycles. The van der Waals surface area contributed by atoms with Crippen LogP contribution in [0.4, 0.5) is 14.9 Å². The molecule has 1 N–H and O–H groups in total. The molecule has 2 aromatic rings. The van der Waals surface area contributed by atoms with E-state index >= 15 is 4.39 Å². The Kier molecular flexibility index (Phi) is 13.7. The maximum atomic E-state index is 15.2. The van der Waals surface area contributed by atoms with Gasteiger partial charge in [0.2, 0.25) is 10.0 Å². The molecule has 2 fully saturated rings. The molecule has 5 atom stereocenters. The lowest BCUT2D eigenvalue weighted by atomic mass is 9.90. The lowest BCUT2D eigenvalue weighted by molar-refractivity contribution is -0.151. The number of nitrogens with zero attached hydrogens (tertiary/aromatic N) is 4. The highest BCUT2D eigenvalue weighted by molar-refractivity contribution is 7.89. The predicted molar refractivity (Wildman–Crippen MR) is 202 cm³/mol. The van der Waals surface area contributed by atoms with Gasteiger partial charge in [-0.1, -0.05) is 44.7 Å². The van der Waals surface area contributed by atoms with E-state index in [-0.39, 0.29) is 41.7 Å². The number of anilines is 1. The van der Waals surface area contributed by atoms with Crippen molar-refractivity contribution in [2.75, 3.05) is 58.3 Å². The fourth-order valence-electron chi connectivity index (χ4n) is 7.30. The molecule has 290 valence electrons. The molecule has 0 aliphatic carbocycles. The van der Waals surface area contributed by atoms with Crippen LogP contribution in [0.25, 0.3) is 0 Å². The van der Waals surface area contributed by atoms with Gasteiger partial charge in [-0.05, 0) is 92.6 Å². The van der Waals surface area contributed by atoms with Gasteiger partial charge in [-0.15, -0.1) is 0 Å². The Morgan fingerprint density at radius 3 is 2.36 bits per heavy atom. The number of esters is 1. The second-order valence-corrected chi connectivity index (χ2v) is 16.9. The highest BCUT2D eigenvalue weighted by atomic mass is 32.2. The summed E-state index contributed by atoms with van der Waals surface area (Å²) in [6.45, 7) is 11.6. The zero-order chi connectivity index (χ0) is 38.3. The highest BCUT2D eigenvalue weighted by Gasteiger charge is 2.32. The van der Waals surface area contributed by atoms with Crippen LogP contribution in [0.5, 0.6) is 0 Å². The molecule has 0 radical (unpaired) electrons. The molecule has 2 aromatic carbocycles. The summed E-state index contributed by atoms with van der Waals surface area (Å²) < 4.78 is 54.9. The Labute approximate surface area is 314 Å². The molecule has 0 unspecified atom stereocenters. The van der Waals surface area contributed by atoms with Crippen LogP contribution in [0, 0.1) is 17.7 Å². The zero-order valence-corrected chi connectivity index (χ0v) is 32.2. The summed E-state index contributed by atoms with van der Waals surface area (Å²) in [6, 6.07) is 13.2. The zero-order valence-electron chi connectivity index (χ0n) is 31.4. The first-order valence-electron chi connectivity index (χ1n) is 18.7. The molecule has 3 heterocycles. The van der Waals surface area contributed by atoms with Crippen LogP contribution >= 0.6 is 0 Å². The van der Waals surface area contributed by atoms with Crippen LogP contribution in [-0.2, 0) is 30.7 Å². The first-order valence-corrected chi connectivity index (χ1v) is 20.1. The third-order valence-electron chi connectivity index (χ3n) is 10.8. The number of sulfonamides is 1. The van der Waals surface area contributed by atoms with Crippen molar-refractivity contribution in [2.24, 2.45) is 11.8 Å². The Bertz CT molecular complexity index is 1710. The van der Waals surface area contributed by atoms with Gasteiger partial charge >= 0.3 is 12.1 Å². The summed E-state index contributed by atoms with van der Waals surface area (Å²) in [5.74, 6) is -1.44. The molecular weight excluding hydrogens is 700 g/mol. The van der Waals surface area contributed by atoms with E-state index in [1.807, 2.05) is 51.1 Å². The Morgan fingerprint density at radius 2 is 1.68 bits per heavy atom. The van der Waals surface area contributed by atoms with Crippen molar-refractivity contribution in [3.8, 4) is 0 Å². The van der Waals surface area contributed by atoms with Crippen molar-refractivity contribution in [1.29, 1.82) is 0 Å². The van der Waals surface area contributed by atoms with Gasteiger partial charge in [0.05, 0.1) is 17.4 Å². The number of halogens is 1. The standard InChI is InChI=1S/C40H55FN4O7S/c1-28-11-13-35(46)27-38(47)52-39(29(2)12-14-37(28)51-40(48)44-21-19-42(4)20-22-44)30(3)23-31-24-32(41)26-34(25-31)43(5)33-15-17-45(18-16-33)53(49,50)36-9-7-6-8-10-36/h6-10,12,14,24-26,28-29,33,35,37,39,46H,3,11,13,15-23,27H2,1-2,4-5H3/b14-12+/t28-,29-,35+,37-,39-/m0/s1. The molecule has 2 saturated heterocycles. The Balaban J connectivity index is 1.27. The molecule has 3 aliphatic rings. The van der Waals surface area contributed by atoms with E-state index in [0.29, 0.717) is 68.7 Å². The predicted octanol–water partition coefficient (Wildman–Crippen LogP) is 5.25. The minimum Gasteiger partial charge on any atom is -0.457 e. The molecule has 0 aromatic heterocycles. The third kappa shape index (κ3) is 10.7. The molecule has 3 aliphatic heterocycles. The first kappa shape index (κ1) is 40.4. The quantitative estimate of drug-likeness (QED) is 0.285. The molecular formula is C40H55FN4O7S. The first-order chi connectivity index (χ1) is 25.2. The number of likely N-dealkylation sites (N-methyl/N-ethyl adjacent to an activating group) is 1. The van der Waals surface area contributed by atoms with E-state index in [4.69, 9.17) is 9.47 Å². The van der Waals surface area contributed by atoms with Crippen LogP contribution in [0.2, 0.25) is 0 Å². The second-order valence-electron chi connectivity index (χ2n) is 14.9. The van der Waals surface area contributed by atoms with E-state index in [1.54, 1.807) is 35.2 Å². The molecule has 0 bridgehead atoms. The number of amides is 1. The summed E-state index contributed by atoms with van der Waals surface area (Å²) in [6.07, 6.45) is 3.20. The van der Waals surface area contributed by atoms with E-state index in [2.05, 4.69) is 11.5 Å². The highest BCUT2D eigenvalue weighted by Crippen LogP contribution is 2.30. The summed E-state index contributed by atoms with van der Waals surface area (Å²) in [5.41, 5.74) is 1.86. The maximum Gasteiger partial charge on any atom is 0.410 e. The number of aliphatic hydroxyl groups excluding tert-OH is 1. The van der Waals surface area contributed by atoms with Gasteiger partial charge in [0, 0.05) is 64.0 Å². The van der Waals surface area contributed by atoms with Crippen LogP contribution in [0.1, 0.15) is 51.5 Å². The number of piperidine rings is 1. The van der Waals surface area contributed by atoms with Gasteiger partial charge in [-0.2, -0.15) is 4.31 Å². The molecule has 0 spiro atoms. The van der Waals surface area contributed by atoms with Gasteiger partial charge in [-0.25, -0.2) is 17.6 Å². The Morgan fingerprint density at radius 1 is 1.00 bits per heavy atom. The van der Waals surface area contributed by atoms with Crippen LogP contribution in [-0.4, -0.2) is 117 Å². The largest absolute Gasteiger partial charge is 0.457 e. The summed E-state index contributed by atoms with van der Waals surface area (Å²) in [7, 11) is 0.318. The van der Waals surface area contributed by atoms with Crippen LogP contribution < -0.4 is 4.90 Å². The van der Waals surface area contributed by atoms with Crippen LogP contribution in [0.3, 0.4) is 0 Å². The van der Waals surface area contributed by atoms with Crippen LogP contribution in [0.15, 0.2) is 77.7 Å². The third-order valence-corrected chi connectivity index (χ3v) is 12.7. The number of aliphatic hydroxyl groups is 1. The number of benzene rings is 2. The maximum absolute atomic E-state index is 15.2. The van der Waals surface area contributed by atoms with Gasteiger partial charge < -0.3 is 29.3 Å². The molecule has 13 heteroatoms.